The molecule has 4 aromatic rings. The lowest BCUT2D eigenvalue weighted by Crippen LogP contribution is -2.09. The molecular formula is C22H20N4OS. The van der Waals surface area contributed by atoms with E-state index in [1.807, 2.05) is 66.7 Å². The summed E-state index contributed by atoms with van der Waals surface area (Å²) in [4.78, 5) is 0.323. The summed E-state index contributed by atoms with van der Waals surface area (Å²) < 4.78 is 7.42. The van der Waals surface area contributed by atoms with Crippen LogP contribution in [-0.2, 0) is 6.67 Å². The second kappa shape index (κ2) is 8.10. The zero-order valence-corrected chi connectivity index (χ0v) is 16.2. The maximum atomic E-state index is 5.77. The fourth-order valence-electron chi connectivity index (χ4n) is 2.81. The van der Waals surface area contributed by atoms with E-state index in [4.69, 9.17) is 16.6 Å². The summed E-state index contributed by atoms with van der Waals surface area (Å²) in [5.74, 6) is 0.481. The Morgan fingerprint density at radius 3 is 2.39 bits per heavy atom. The highest BCUT2D eigenvalue weighted by atomic mass is 32.1. The van der Waals surface area contributed by atoms with Crippen LogP contribution < -0.4 is 10.6 Å². The number of hydrogen-bond donors (Lipinski definition) is 2. The van der Waals surface area contributed by atoms with E-state index in [1.54, 1.807) is 4.68 Å². The third-order valence-corrected chi connectivity index (χ3v) is 4.60. The van der Waals surface area contributed by atoms with Crippen molar-refractivity contribution >= 4 is 29.3 Å². The van der Waals surface area contributed by atoms with E-state index < -0.39 is 0 Å². The summed E-state index contributed by atoms with van der Waals surface area (Å²) >= 11 is 5.36. The average molecular weight is 388 g/mol. The number of aromatic nitrogens is 2. The van der Waals surface area contributed by atoms with Crippen molar-refractivity contribution in [1.82, 2.24) is 9.78 Å². The van der Waals surface area contributed by atoms with Gasteiger partial charge < -0.3 is 15.1 Å². The summed E-state index contributed by atoms with van der Waals surface area (Å²) in [5.41, 5.74) is 4.97. The highest BCUT2D eigenvalue weighted by Crippen LogP contribution is 2.29. The van der Waals surface area contributed by atoms with Gasteiger partial charge in [-0.3, -0.25) is 0 Å². The minimum Gasteiger partial charge on any atom is -0.409 e. The molecule has 28 heavy (non-hydrogen) atoms. The van der Waals surface area contributed by atoms with E-state index in [0.717, 1.165) is 22.6 Å². The van der Waals surface area contributed by atoms with Gasteiger partial charge in [0.1, 0.15) is 6.67 Å². The summed E-state index contributed by atoms with van der Waals surface area (Å²) in [6.45, 7) is 2.49. The van der Waals surface area contributed by atoms with Gasteiger partial charge in [-0.25, -0.2) is 4.68 Å². The average Bonchev–Trinajstić information content (AvgIpc) is 3.09. The first-order chi connectivity index (χ1) is 13.7. The molecule has 0 atom stereocenters. The number of nitrogens with zero attached hydrogens (tertiary/aromatic N) is 2. The van der Waals surface area contributed by atoms with Crippen molar-refractivity contribution < 1.29 is 4.42 Å². The maximum Gasteiger partial charge on any atom is 0.289 e. The van der Waals surface area contributed by atoms with Crippen LogP contribution in [0.1, 0.15) is 5.56 Å². The quantitative estimate of drug-likeness (QED) is 0.397. The third-order valence-electron chi connectivity index (χ3n) is 4.30. The van der Waals surface area contributed by atoms with Crippen molar-refractivity contribution in [3.8, 4) is 11.5 Å². The lowest BCUT2D eigenvalue weighted by atomic mass is 10.1. The van der Waals surface area contributed by atoms with E-state index in [1.165, 1.54) is 5.56 Å². The second-order valence-electron chi connectivity index (χ2n) is 6.41. The first kappa shape index (κ1) is 18.0. The molecule has 0 saturated heterocycles. The number of rotatable bonds is 6. The first-order valence-electron chi connectivity index (χ1n) is 8.99. The van der Waals surface area contributed by atoms with Gasteiger partial charge in [0.2, 0.25) is 5.89 Å². The molecule has 0 aliphatic rings. The van der Waals surface area contributed by atoms with Crippen molar-refractivity contribution in [3.05, 3.63) is 89.3 Å². The number of anilines is 3. The van der Waals surface area contributed by atoms with Crippen molar-refractivity contribution in [2.45, 2.75) is 13.6 Å². The molecule has 4 rings (SSSR count). The Morgan fingerprint density at radius 1 is 0.893 bits per heavy atom. The highest BCUT2D eigenvalue weighted by molar-refractivity contribution is 7.71. The topological polar surface area (TPSA) is 55.0 Å². The minimum atomic E-state index is 0.323. The summed E-state index contributed by atoms with van der Waals surface area (Å²) in [7, 11) is 0. The van der Waals surface area contributed by atoms with Crippen LogP contribution >= 0.6 is 12.2 Å². The molecule has 5 nitrogen and oxygen atoms in total. The van der Waals surface area contributed by atoms with Crippen LogP contribution in [0.15, 0.2) is 83.3 Å². The number of benzene rings is 3. The zero-order valence-electron chi connectivity index (χ0n) is 15.4. The molecule has 2 N–H and O–H groups in total. The third kappa shape index (κ3) is 4.13. The van der Waals surface area contributed by atoms with Crippen LogP contribution in [0.2, 0.25) is 0 Å². The molecule has 140 valence electrons. The molecular weight excluding hydrogens is 368 g/mol. The molecule has 0 fully saturated rings. The predicted octanol–water partition coefficient (Wildman–Crippen LogP) is 5.99. The molecule has 1 aromatic heterocycles. The van der Waals surface area contributed by atoms with Gasteiger partial charge in [0.05, 0.1) is 11.3 Å². The maximum absolute atomic E-state index is 5.77. The molecule has 0 amide bonds. The largest absolute Gasteiger partial charge is 0.409 e. The second-order valence-corrected chi connectivity index (χ2v) is 6.76. The molecule has 0 unspecified atom stereocenters. The molecule has 0 bridgehead atoms. The van der Waals surface area contributed by atoms with Gasteiger partial charge in [-0.15, -0.1) is 5.10 Å². The Balaban J connectivity index is 1.56. The Bertz CT molecular complexity index is 1120. The number of nitrogens with one attached hydrogen (secondary N) is 2. The van der Waals surface area contributed by atoms with Gasteiger partial charge in [0.25, 0.3) is 4.84 Å². The van der Waals surface area contributed by atoms with Crippen LogP contribution in [0.3, 0.4) is 0 Å². The zero-order chi connectivity index (χ0) is 19.3. The van der Waals surface area contributed by atoms with E-state index in [2.05, 4.69) is 34.8 Å². The molecule has 3 aromatic carbocycles. The normalized spacial score (nSPS) is 10.6. The van der Waals surface area contributed by atoms with E-state index in [0.29, 0.717) is 17.4 Å². The number of aryl methyl sites for hydroxylation is 1. The van der Waals surface area contributed by atoms with Gasteiger partial charge in [0.15, 0.2) is 0 Å². The van der Waals surface area contributed by atoms with Gasteiger partial charge in [-0.05, 0) is 55.5 Å². The number of hydrogen-bond acceptors (Lipinski definition) is 5. The van der Waals surface area contributed by atoms with Gasteiger partial charge >= 0.3 is 0 Å². The molecule has 6 heteroatoms. The summed E-state index contributed by atoms with van der Waals surface area (Å²) in [6, 6.07) is 26.0. The Labute approximate surface area is 168 Å². The van der Waals surface area contributed by atoms with Crippen LogP contribution in [0.25, 0.3) is 11.5 Å². The SMILES string of the molecule is Cc1ccc(NCn2nc(-c3ccccc3Nc3ccccc3)oc2=S)cc1. The molecule has 1 heterocycles. The fourth-order valence-corrected chi connectivity index (χ4v) is 2.99. The monoisotopic (exact) mass is 388 g/mol. The van der Waals surface area contributed by atoms with Crippen LogP contribution in [0.5, 0.6) is 0 Å². The Kier molecular flexibility index (Phi) is 5.21. The summed E-state index contributed by atoms with van der Waals surface area (Å²) in [6.07, 6.45) is 0. The van der Waals surface area contributed by atoms with Gasteiger partial charge in [0, 0.05) is 11.4 Å². The van der Waals surface area contributed by atoms with Crippen molar-refractivity contribution in [2.24, 2.45) is 0 Å². The Morgan fingerprint density at radius 2 is 1.61 bits per heavy atom. The van der Waals surface area contributed by atoms with Crippen LogP contribution in [0.4, 0.5) is 17.1 Å². The van der Waals surface area contributed by atoms with Crippen molar-refractivity contribution in [2.75, 3.05) is 10.6 Å². The lowest BCUT2D eigenvalue weighted by Gasteiger charge is -2.09. The predicted molar refractivity (Wildman–Crippen MR) is 115 cm³/mol. The van der Waals surface area contributed by atoms with Gasteiger partial charge in [-0.1, -0.05) is 48.0 Å². The molecule has 0 aliphatic heterocycles. The smallest absolute Gasteiger partial charge is 0.289 e. The molecule has 0 spiro atoms. The van der Waals surface area contributed by atoms with E-state index in [9.17, 15) is 0 Å². The van der Waals surface area contributed by atoms with Crippen LogP contribution in [0, 0.1) is 11.8 Å². The first-order valence-corrected chi connectivity index (χ1v) is 9.40. The number of para-hydroxylation sites is 2. The van der Waals surface area contributed by atoms with Crippen molar-refractivity contribution in [3.63, 3.8) is 0 Å². The molecule has 0 aliphatic carbocycles. The Hall–Kier alpha value is -3.38. The van der Waals surface area contributed by atoms with Crippen molar-refractivity contribution in [1.29, 1.82) is 0 Å². The standard InChI is InChI=1S/C22H20N4OS/c1-16-11-13-17(14-12-16)23-15-26-22(28)27-21(25-26)19-9-5-6-10-20(19)24-18-7-3-2-4-8-18/h2-14,23-24H,15H2,1H3. The van der Waals surface area contributed by atoms with Crippen LogP contribution in [-0.4, -0.2) is 9.78 Å². The molecule has 0 saturated carbocycles. The molecule has 0 radical (unpaired) electrons. The fraction of sp³-hybridized carbons (Fsp3) is 0.0909. The van der Waals surface area contributed by atoms with E-state index >= 15 is 0 Å². The minimum absolute atomic E-state index is 0.323. The van der Waals surface area contributed by atoms with Gasteiger partial charge in [-0.2, -0.15) is 0 Å². The highest BCUT2D eigenvalue weighted by Gasteiger charge is 2.12. The van der Waals surface area contributed by atoms with E-state index in [-0.39, 0.29) is 0 Å². The summed E-state index contributed by atoms with van der Waals surface area (Å²) in [5, 5.41) is 11.3. The lowest BCUT2D eigenvalue weighted by molar-refractivity contribution is 0.522.